The SMILES string of the molecule is O=C1CC(=NCCN2CCCC2)C(=O)c2sc(-c3c(F)cc(F)cc3F)nc21. The number of hydrogen-bond donors (Lipinski definition) is 0. The number of thiazole rings is 1. The summed E-state index contributed by atoms with van der Waals surface area (Å²) in [6.45, 7) is 3.15. The number of rotatable bonds is 4. The molecule has 2 aliphatic rings. The lowest BCUT2D eigenvalue weighted by Crippen LogP contribution is -2.28. The Balaban J connectivity index is 1.61. The maximum absolute atomic E-state index is 14.0. The quantitative estimate of drug-likeness (QED) is 0.778. The summed E-state index contributed by atoms with van der Waals surface area (Å²) < 4.78 is 41.2. The first-order valence-electron chi connectivity index (χ1n) is 8.93. The number of ketones is 2. The topological polar surface area (TPSA) is 62.6 Å². The van der Waals surface area contributed by atoms with E-state index in [4.69, 9.17) is 0 Å². The second-order valence-electron chi connectivity index (χ2n) is 6.75. The van der Waals surface area contributed by atoms with Gasteiger partial charge in [0.15, 0.2) is 5.78 Å². The van der Waals surface area contributed by atoms with Crippen molar-refractivity contribution in [2.45, 2.75) is 19.3 Å². The monoisotopic (exact) mass is 407 g/mol. The van der Waals surface area contributed by atoms with Gasteiger partial charge in [0.1, 0.15) is 33.0 Å². The summed E-state index contributed by atoms with van der Waals surface area (Å²) in [5.74, 6) is -4.19. The number of likely N-dealkylation sites (tertiary alicyclic amines) is 1. The van der Waals surface area contributed by atoms with Gasteiger partial charge < -0.3 is 4.90 Å². The number of aromatic nitrogens is 1. The number of carbonyl (C=O) groups excluding carboxylic acids is 2. The number of hydrogen-bond acceptors (Lipinski definition) is 6. The second kappa shape index (κ2) is 7.56. The molecule has 5 nitrogen and oxygen atoms in total. The third kappa shape index (κ3) is 3.51. The molecule has 146 valence electrons. The van der Waals surface area contributed by atoms with Gasteiger partial charge in [0, 0.05) is 18.7 Å². The van der Waals surface area contributed by atoms with Crippen LogP contribution in [-0.2, 0) is 0 Å². The number of Topliss-reactive ketones (excluding diaryl/α,β-unsaturated/α-hetero) is 2. The number of aliphatic imine (C=N–C) groups is 1. The second-order valence-corrected chi connectivity index (χ2v) is 7.75. The lowest BCUT2D eigenvalue weighted by molar-refractivity contribution is 0.0963. The van der Waals surface area contributed by atoms with Crippen molar-refractivity contribution in [1.82, 2.24) is 9.88 Å². The summed E-state index contributed by atoms with van der Waals surface area (Å²) in [5.41, 5.74) is -0.507. The first kappa shape index (κ1) is 18.9. The molecular formula is C19H16F3N3O2S. The molecule has 1 fully saturated rings. The highest BCUT2D eigenvalue weighted by Crippen LogP contribution is 2.35. The molecule has 1 aliphatic heterocycles. The highest BCUT2D eigenvalue weighted by atomic mass is 32.1. The fraction of sp³-hybridized carbons (Fsp3) is 0.368. The van der Waals surface area contributed by atoms with Crippen LogP contribution in [0.1, 0.15) is 39.4 Å². The summed E-state index contributed by atoms with van der Waals surface area (Å²) in [6, 6.07) is 1.07. The van der Waals surface area contributed by atoms with Crippen LogP contribution in [0.4, 0.5) is 13.2 Å². The first-order chi connectivity index (χ1) is 13.4. The van der Waals surface area contributed by atoms with Gasteiger partial charge in [-0.3, -0.25) is 14.6 Å². The van der Waals surface area contributed by atoms with Crippen LogP contribution in [0.25, 0.3) is 10.6 Å². The summed E-state index contributed by atoms with van der Waals surface area (Å²) in [4.78, 5) is 35.6. The lowest BCUT2D eigenvalue weighted by Gasteiger charge is -2.14. The van der Waals surface area contributed by atoms with E-state index in [1.54, 1.807) is 0 Å². The van der Waals surface area contributed by atoms with Crippen LogP contribution in [0.15, 0.2) is 17.1 Å². The Morgan fingerprint density at radius 2 is 1.79 bits per heavy atom. The number of benzene rings is 1. The highest BCUT2D eigenvalue weighted by Gasteiger charge is 2.34. The van der Waals surface area contributed by atoms with Crippen LogP contribution < -0.4 is 0 Å². The minimum Gasteiger partial charge on any atom is -0.301 e. The minimum absolute atomic E-state index is 0.0225. The van der Waals surface area contributed by atoms with E-state index in [2.05, 4.69) is 14.9 Å². The molecule has 0 atom stereocenters. The van der Waals surface area contributed by atoms with Crippen molar-refractivity contribution in [3.63, 3.8) is 0 Å². The number of carbonyl (C=O) groups is 2. The molecule has 4 rings (SSSR count). The molecule has 1 aromatic carbocycles. The van der Waals surface area contributed by atoms with Gasteiger partial charge in [-0.05, 0) is 25.9 Å². The maximum atomic E-state index is 14.0. The molecule has 0 bridgehead atoms. The first-order valence-corrected chi connectivity index (χ1v) is 9.75. The molecule has 1 aliphatic carbocycles. The smallest absolute Gasteiger partial charge is 0.219 e. The average Bonchev–Trinajstić information content (AvgIpc) is 3.28. The summed E-state index contributed by atoms with van der Waals surface area (Å²) in [5, 5.41) is -0.167. The van der Waals surface area contributed by atoms with Crippen LogP contribution in [0, 0.1) is 17.5 Å². The van der Waals surface area contributed by atoms with Crippen molar-refractivity contribution in [1.29, 1.82) is 0 Å². The summed E-state index contributed by atoms with van der Waals surface area (Å²) >= 11 is 0.722. The Morgan fingerprint density at radius 1 is 1.11 bits per heavy atom. The molecule has 0 amide bonds. The number of halogens is 3. The molecule has 9 heteroatoms. The van der Waals surface area contributed by atoms with Gasteiger partial charge in [0.2, 0.25) is 5.78 Å². The van der Waals surface area contributed by atoms with Crippen LogP contribution in [0.3, 0.4) is 0 Å². The van der Waals surface area contributed by atoms with Crippen molar-refractivity contribution in [2.75, 3.05) is 26.2 Å². The van der Waals surface area contributed by atoms with E-state index in [1.807, 2.05) is 0 Å². The lowest BCUT2D eigenvalue weighted by atomic mass is 9.98. The van der Waals surface area contributed by atoms with E-state index >= 15 is 0 Å². The predicted octanol–water partition coefficient (Wildman–Crippen LogP) is 3.53. The highest BCUT2D eigenvalue weighted by molar-refractivity contribution is 7.18. The third-order valence-corrected chi connectivity index (χ3v) is 5.90. The fourth-order valence-corrected chi connectivity index (χ4v) is 4.52. The molecule has 0 unspecified atom stereocenters. The summed E-state index contributed by atoms with van der Waals surface area (Å²) in [6.07, 6.45) is 2.12. The van der Waals surface area contributed by atoms with Gasteiger partial charge in [-0.15, -0.1) is 11.3 Å². The van der Waals surface area contributed by atoms with Gasteiger partial charge in [-0.1, -0.05) is 0 Å². The molecule has 2 heterocycles. The standard InChI is InChI=1S/C19H16F3N3O2S/c20-10-7-11(21)15(12(22)8-10)19-24-16-14(26)9-13(17(27)18(16)28-19)23-3-6-25-4-1-2-5-25/h7-8H,1-6,9H2. The fourth-order valence-electron chi connectivity index (χ4n) is 3.42. The van der Waals surface area contributed by atoms with Crippen LogP contribution in [0.5, 0.6) is 0 Å². The van der Waals surface area contributed by atoms with Gasteiger partial charge in [0.05, 0.1) is 24.2 Å². The van der Waals surface area contributed by atoms with Crippen molar-refractivity contribution in [3.8, 4) is 10.6 Å². The van der Waals surface area contributed by atoms with Crippen molar-refractivity contribution < 1.29 is 22.8 Å². The van der Waals surface area contributed by atoms with E-state index in [0.717, 1.165) is 43.8 Å². The van der Waals surface area contributed by atoms with E-state index in [9.17, 15) is 22.8 Å². The Labute approximate surface area is 162 Å². The summed E-state index contributed by atoms with van der Waals surface area (Å²) in [7, 11) is 0. The third-order valence-electron chi connectivity index (χ3n) is 4.83. The van der Waals surface area contributed by atoms with Crippen molar-refractivity contribution >= 4 is 28.6 Å². The Bertz CT molecular complexity index is 973. The maximum Gasteiger partial charge on any atom is 0.219 e. The Kier molecular flexibility index (Phi) is 5.11. The molecule has 1 saturated heterocycles. The molecule has 28 heavy (non-hydrogen) atoms. The Morgan fingerprint density at radius 3 is 2.46 bits per heavy atom. The van der Waals surface area contributed by atoms with Crippen LogP contribution >= 0.6 is 11.3 Å². The van der Waals surface area contributed by atoms with E-state index in [0.29, 0.717) is 18.7 Å². The van der Waals surface area contributed by atoms with Gasteiger partial charge in [-0.25, -0.2) is 18.2 Å². The van der Waals surface area contributed by atoms with Crippen LogP contribution in [-0.4, -0.2) is 53.3 Å². The van der Waals surface area contributed by atoms with E-state index in [1.165, 1.54) is 0 Å². The predicted molar refractivity (Wildman–Crippen MR) is 98.7 cm³/mol. The number of nitrogens with zero attached hydrogens (tertiary/aromatic N) is 3. The van der Waals surface area contributed by atoms with Crippen molar-refractivity contribution in [2.24, 2.45) is 4.99 Å². The van der Waals surface area contributed by atoms with Crippen molar-refractivity contribution in [3.05, 3.63) is 40.2 Å². The molecule has 0 N–H and O–H groups in total. The molecule has 0 radical (unpaired) electrons. The molecule has 2 aromatic rings. The number of fused-ring (bicyclic) bond motifs is 1. The van der Waals surface area contributed by atoms with Gasteiger partial charge in [-0.2, -0.15) is 0 Å². The molecule has 0 saturated carbocycles. The van der Waals surface area contributed by atoms with Gasteiger partial charge >= 0.3 is 0 Å². The average molecular weight is 407 g/mol. The zero-order chi connectivity index (χ0) is 19.8. The largest absolute Gasteiger partial charge is 0.301 e. The minimum atomic E-state index is -1.14. The normalized spacial score (nSPS) is 18.9. The van der Waals surface area contributed by atoms with Crippen LogP contribution in [0.2, 0.25) is 0 Å². The van der Waals surface area contributed by atoms with E-state index in [-0.39, 0.29) is 27.7 Å². The van der Waals surface area contributed by atoms with E-state index < -0.39 is 34.6 Å². The van der Waals surface area contributed by atoms with Gasteiger partial charge in [0.25, 0.3) is 0 Å². The zero-order valence-corrected chi connectivity index (χ0v) is 15.6. The zero-order valence-electron chi connectivity index (χ0n) is 14.8. The molecular weight excluding hydrogens is 391 g/mol. The molecule has 1 aromatic heterocycles. The Hall–Kier alpha value is -2.39. The molecule has 0 spiro atoms.